The van der Waals surface area contributed by atoms with Crippen molar-refractivity contribution >= 4 is 21.8 Å². The lowest BCUT2D eigenvalue weighted by Crippen LogP contribution is -2.23. The number of hydrogen-bond acceptors (Lipinski definition) is 7. The number of ether oxygens (including phenoxy) is 3. The van der Waals surface area contributed by atoms with Gasteiger partial charge in [-0.1, -0.05) is 12.1 Å². The van der Waals surface area contributed by atoms with E-state index in [-0.39, 0.29) is 30.5 Å². The summed E-state index contributed by atoms with van der Waals surface area (Å²) in [4.78, 5) is 15.9. The van der Waals surface area contributed by atoms with Crippen LogP contribution in [0.5, 0.6) is 11.5 Å². The zero-order chi connectivity index (χ0) is 19.3. The summed E-state index contributed by atoms with van der Waals surface area (Å²) in [5, 5.41) is 0. The molecule has 0 saturated heterocycles. The molecule has 1 heterocycles. The Bertz CT molecular complexity index is 954. The topological polar surface area (TPSA) is 103 Å². The molecule has 27 heavy (non-hydrogen) atoms. The molecule has 1 N–H and O–H groups in total. The molecule has 8 nitrogen and oxygen atoms in total. The summed E-state index contributed by atoms with van der Waals surface area (Å²) >= 11 is 0. The smallest absolute Gasteiger partial charge is 0.327 e. The second-order valence-corrected chi connectivity index (χ2v) is 7.16. The highest BCUT2D eigenvalue weighted by molar-refractivity contribution is 7.90. The van der Waals surface area contributed by atoms with Gasteiger partial charge in [-0.25, -0.2) is 8.42 Å². The molecule has 0 unspecified atom stereocenters. The van der Waals surface area contributed by atoms with Crippen LogP contribution in [0.25, 0.3) is 0 Å². The van der Waals surface area contributed by atoms with Crippen molar-refractivity contribution in [1.29, 1.82) is 0 Å². The number of fused-ring (bicyclic) bond motifs is 1. The Labute approximate surface area is 156 Å². The Morgan fingerprint density at radius 1 is 1.04 bits per heavy atom. The lowest BCUT2D eigenvalue weighted by Gasteiger charge is -2.07. The quantitative estimate of drug-likeness (QED) is 0.566. The van der Waals surface area contributed by atoms with Crippen LogP contribution >= 0.6 is 0 Å². The molecule has 0 amide bonds. The van der Waals surface area contributed by atoms with Crippen LogP contribution in [0.3, 0.4) is 0 Å². The summed E-state index contributed by atoms with van der Waals surface area (Å²) in [6.45, 7) is -0.0587. The highest BCUT2D eigenvalue weighted by atomic mass is 32.2. The maximum atomic E-state index is 12.0. The van der Waals surface area contributed by atoms with Gasteiger partial charge in [0, 0.05) is 5.56 Å². The Hall–Kier alpha value is -3.07. The van der Waals surface area contributed by atoms with E-state index in [4.69, 9.17) is 14.2 Å². The van der Waals surface area contributed by atoms with Gasteiger partial charge in [-0.15, -0.1) is 0 Å². The summed E-state index contributed by atoms with van der Waals surface area (Å²) < 4.78 is 41.8. The number of hydrogen-bond donors (Lipinski definition) is 1. The first-order valence-corrected chi connectivity index (χ1v) is 9.57. The van der Waals surface area contributed by atoms with Gasteiger partial charge in [0.15, 0.2) is 0 Å². The van der Waals surface area contributed by atoms with Crippen molar-refractivity contribution in [2.45, 2.75) is 4.90 Å². The van der Waals surface area contributed by atoms with Crippen LogP contribution in [0.4, 0.5) is 0 Å². The number of amidine groups is 1. The van der Waals surface area contributed by atoms with E-state index in [9.17, 15) is 13.2 Å². The first kappa shape index (κ1) is 18.7. The maximum Gasteiger partial charge on any atom is 0.327 e. The highest BCUT2D eigenvalue weighted by Gasteiger charge is 2.30. The molecule has 0 aliphatic carbocycles. The van der Waals surface area contributed by atoms with Crippen molar-refractivity contribution in [3.05, 3.63) is 54.1 Å². The van der Waals surface area contributed by atoms with Gasteiger partial charge in [0.2, 0.25) is 0 Å². The summed E-state index contributed by atoms with van der Waals surface area (Å²) in [7, 11) is -2.04. The number of carbonyl (C=O) groups is 1. The number of esters is 1. The van der Waals surface area contributed by atoms with Gasteiger partial charge in [0.05, 0.1) is 12.0 Å². The van der Waals surface area contributed by atoms with E-state index in [1.54, 1.807) is 49.6 Å². The van der Waals surface area contributed by atoms with E-state index >= 15 is 0 Å². The van der Waals surface area contributed by atoms with Gasteiger partial charge in [-0.2, -0.15) is 0 Å². The van der Waals surface area contributed by atoms with E-state index in [0.717, 1.165) is 5.75 Å². The number of benzene rings is 2. The standard InChI is InChI=1S/C18H18N2O6S/c1-24-13-6-8-14(9-7-13)25-10-11-26-17(21)12-19-18-15-4-2-3-5-16(15)27(22,23)20-18/h2-9H,10-12H2,1H3,(H,19,20). The van der Waals surface area contributed by atoms with Crippen molar-refractivity contribution < 1.29 is 27.4 Å². The molecule has 2 aromatic carbocycles. The van der Waals surface area contributed by atoms with Crippen LogP contribution in [0, 0.1) is 0 Å². The minimum absolute atomic E-state index is 0.0536. The molecule has 2 aromatic rings. The van der Waals surface area contributed by atoms with E-state index in [2.05, 4.69) is 9.71 Å². The zero-order valence-corrected chi connectivity index (χ0v) is 15.4. The third-order valence-electron chi connectivity index (χ3n) is 3.70. The lowest BCUT2D eigenvalue weighted by atomic mass is 10.2. The van der Waals surface area contributed by atoms with Crippen LogP contribution in [0.2, 0.25) is 0 Å². The Morgan fingerprint density at radius 2 is 1.74 bits per heavy atom. The second-order valence-electron chi connectivity index (χ2n) is 5.51. The van der Waals surface area contributed by atoms with Crippen molar-refractivity contribution in [2.75, 3.05) is 26.9 Å². The summed E-state index contributed by atoms with van der Waals surface area (Å²) in [5.41, 5.74) is 0.438. The first-order chi connectivity index (χ1) is 13.0. The summed E-state index contributed by atoms with van der Waals surface area (Å²) in [5.74, 6) is 0.905. The van der Waals surface area contributed by atoms with Crippen LogP contribution in [0.15, 0.2) is 58.4 Å². The van der Waals surface area contributed by atoms with Gasteiger partial charge in [-0.05, 0) is 36.4 Å². The minimum Gasteiger partial charge on any atom is -0.497 e. The molecule has 0 radical (unpaired) electrons. The fourth-order valence-corrected chi connectivity index (χ4v) is 3.68. The fourth-order valence-electron chi connectivity index (χ4n) is 2.43. The number of rotatable bonds is 7. The molecule has 9 heteroatoms. The van der Waals surface area contributed by atoms with Crippen molar-refractivity contribution in [3.63, 3.8) is 0 Å². The number of methoxy groups -OCH3 is 1. The van der Waals surface area contributed by atoms with E-state index in [0.29, 0.717) is 11.3 Å². The van der Waals surface area contributed by atoms with E-state index in [1.807, 2.05) is 0 Å². The Balaban J connectivity index is 1.47. The summed E-state index contributed by atoms with van der Waals surface area (Å²) in [6, 6.07) is 13.4. The van der Waals surface area contributed by atoms with Gasteiger partial charge >= 0.3 is 5.97 Å². The molecule has 0 fully saturated rings. The molecule has 0 spiro atoms. The van der Waals surface area contributed by atoms with Gasteiger partial charge in [0.25, 0.3) is 10.0 Å². The van der Waals surface area contributed by atoms with E-state index in [1.165, 1.54) is 6.07 Å². The lowest BCUT2D eigenvalue weighted by molar-refractivity contribution is -0.142. The van der Waals surface area contributed by atoms with Gasteiger partial charge in [0.1, 0.15) is 37.1 Å². The third-order valence-corrected chi connectivity index (χ3v) is 5.10. The largest absolute Gasteiger partial charge is 0.497 e. The Kier molecular flexibility index (Phi) is 5.60. The molecular formula is C18H18N2O6S. The fraction of sp³-hybridized carbons (Fsp3) is 0.222. The predicted molar refractivity (Wildman–Crippen MR) is 97.6 cm³/mol. The number of sulfonamides is 1. The molecule has 142 valence electrons. The average Bonchev–Trinajstić information content (AvgIpc) is 2.95. The SMILES string of the molecule is COc1ccc(OCCOC(=O)CN=C2NS(=O)(=O)c3ccccc32)cc1. The molecule has 0 atom stereocenters. The van der Waals surface area contributed by atoms with Crippen LogP contribution in [0.1, 0.15) is 5.56 Å². The normalized spacial score (nSPS) is 15.7. The zero-order valence-electron chi connectivity index (χ0n) is 14.5. The highest BCUT2D eigenvalue weighted by Crippen LogP contribution is 2.22. The first-order valence-electron chi connectivity index (χ1n) is 8.09. The number of carbonyl (C=O) groups excluding carboxylic acids is 1. The molecule has 0 bridgehead atoms. The molecule has 1 aliphatic heterocycles. The van der Waals surface area contributed by atoms with Crippen molar-refractivity contribution in [1.82, 2.24) is 4.72 Å². The predicted octanol–water partition coefficient (Wildman–Crippen LogP) is 1.36. The maximum absolute atomic E-state index is 12.0. The van der Waals surface area contributed by atoms with E-state index < -0.39 is 16.0 Å². The Morgan fingerprint density at radius 3 is 2.48 bits per heavy atom. The summed E-state index contributed by atoms with van der Waals surface area (Å²) in [6.07, 6.45) is 0. The van der Waals surface area contributed by atoms with Crippen LogP contribution in [-0.4, -0.2) is 47.1 Å². The minimum atomic E-state index is -3.62. The molecule has 3 rings (SSSR count). The number of nitrogens with zero attached hydrogens (tertiary/aromatic N) is 1. The van der Waals surface area contributed by atoms with Crippen molar-refractivity contribution in [2.24, 2.45) is 4.99 Å². The monoisotopic (exact) mass is 390 g/mol. The van der Waals surface area contributed by atoms with Gasteiger partial charge < -0.3 is 14.2 Å². The molecule has 0 aromatic heterocycles. The number of nitrogens with one attached hydrogen (secondary N) is 1. The molecular weight excluding hydrogens is 372 g/mol. The number of aliphatic imine (C=N–C) groups is 1. The van der Waals surface area contributed by atoms with Crippen LogP contribution in [-0.2, 0) is 19.6 Å². The van der Waals surface area contributed by atoms with Crippen molar-refractivity contribution in [3.8, 4) is 11.5 Å². The molecule has 1 aliphatic rings. The third kappa shape index (κ3) is 4.56. The van der Waals surface area contributed by atoms with Gasteiger partial charge in [-0.3, -0.25) is 14.5 Å². The second kappa shape index (κ2) is 8.09. The van der Waals surface area contributed by atoms with Crippen LogP contribution < -0.4 is 14.2 Å². The average molecular weight is 390 g/mol. The molecule has 0 saturated carbocycles.